The first-order chi connectivity index (χ1) is 5.06. The quantitative estimate of drug-likeness (QED) is 0.528. The van der Waals surface area contributed by atoms with E-state index in [-0.39, 0.29) is 0 Å². The van der Waals surface area contributed by atoms with E-state index in [0.717, 1.165) is 12.8 Å². The van der Waals surface area contributed by atoms with Gasteiger partial charge in [-0.25, -0.2) is 9.86 Å². The summed E-state index contributed by atoms with van der Waals surface area (Å²) in [7, 11) is -1.90. The Balaban J connectivity index is 3.16. The van der Waals surface area contributed by atoms with Gasteiger partial charge >= 0.3 is 0 Å². The predicted octanol–water partition coefficient (Wildman–Crippen LogP) is -0.794. The third kappa shape index (κ3) is 9.83. The minimum absolute atomic E-state index is 0.377. The molecule has 5 nitrogen and oxygen atoms in total. The van der Waals surface area contributed by atoms with E-state index in [0.29, 0.717) is 13.2 Å². The Morgan fingerprint density at radius 2 is 2.09 bits per heavy atom. The molecule has 0 aromatic carbocycles. The molecule has 11 heavy (non-hydrogen) atoms. The van der Waals surface area contributed by atoms with E-state index >= 15 is 0 Å². The summed E-state index contributed by atoms with van der Waals surface area (Å²) in [6.45, 7) is 1.02. The third-order valence-electron chi connectivity index (χ3n) is 1.08. The van der Waals surface area contributed by atoms with Crippen molar-refractivity contribution < 1.29 is 13.2 Å². The Morgan fingerprint density at radius 3 is 2.55 bits per heavy atom. The summed E-state index contributed by atoms with van der Waals surface area (Å²) in [4.78, 5) is 0. The molecule has 0 aliphatic heterocycles. The van der Waals surface area contributed by atoms with Crippen LogP contribution in [0.25, 0.3) is 0 Å². The lowest BCUT2D eigenvalue weighted by atomic mass is 10.3. The molecule has 0 spiro atoms. The molecule has 0 fully saturated rings. The van der Waals surface area contributed by atoms with Crippen LogP contribution in [0.15, 0.2) is 0 Å². The second-order valence-corrected chi connectivity index (χ2v) is 3.52. The Morgan fingerprint density at radius 1 is 1.45 bits per heavy atom. The molecule has 0 bridgehead atoms. The number of ether oxygens (including phenoxy) is 1. The predicted molar refractivity (Wildman–Crippen MR) is 42.2 cm³/mol. The fourth-order valence-corrected chi connectivity index (χ4v) is 1.01. The molecule has 68 valence electrons. The van der Waals surface area contributed by atoms with Gasteiger partial charge in [0.05, 0.1) is 0 Å². The average molecular weight is 182 g/mol. The summed E-state index contributed by atoms with van der Waals surface area (Å²) in [5.41, 5.74) is 0. The van der Waals surface area contributed by atoms with Crippen molar-refractivity contribution in [2.75, 3.05) is 20.3 Å². The summed E-state index contributed by atoms with van der Waals surface area (Å²) in [6, 6.07) is 0. The lowest BCUT2D eigenvalue weighted by Gasteiger charge is -2.00. The van der Waals surface area contributed by atoms with Crippen LogP contribution in [-0.2, 0) is 14.9 Å². The van der Waals surface area contributed by atoms with Crippen LogP contribution < -0.4 is 9.86 Å². The molecule has 0 aliphatic rings. The van der Waals surface area contributed by atoms with Crippen molar-refractivity contribution >= 4 is 10.2 Å². The molecule has 3 N–H and O–H groups in total. The molecule has 0 atom stereocenters. The van der Waals surface area contributed by atoms with E-state index in [1.807, 2.05) is 0 Å². The first kappa shape index (κ1) is 10.8. The van der Waals surface area contributed by atoms with Gasteiger partial charge in [0.25, 0.3) is 10.2 Å². The van der Waals surface area contributed by atoms with Gasteiger partial charge in [-0.05, 0) is 12.8 Å². The second-order valence-electron chi connectivity index (χ2n) is 2.14. The maximum atomic E-state index is 10.3. The SMILES string of the molecule is COCCCCNS(N)(=O)=O. The molecular formula is C5H14N2O3S. The Kier molecular flexibility index (Phi) is 5.39. The van der Waals surface area contributed by atoms with E-state index in [1.165, 1.54) is 0 Å². The monoisotopic (exact) mass is 182 g/mol. The molecule has 0 unspecified atom stereocenters. The number of hydrogen-bond acceptors (Lipinski definition) is 3. The van der Waals surface area contributed by atoms with Crippen LogP contribution in [0.5, 0.6) is 0 Å². The van der Waals surface area contributed by atoms with Gasteiger partial charge < -0.3 is 4.74 Å². The molecular weight excluding hydrogens is 168 g/mol. The van der Waals surface area contributed by atoms with Crippen LogP contribution in [0.2, 0.25) is 0 Å². The summed E-state index contributed by atoms with van der Waals surface area (Å²) < 4.78 is 27.5. The van der Waals surface area contributed by atoms with Crippen molar-refractivity contribution in [1.29, 1.82) is 0 Å². The van der Waals surface area contributed by atoms with Crippen molar-refractivity contribution in [3.05, 3.63) is 0 Å². The van der Waals surface area contributed by atoms with Crippen LogP contribution in [0.1, 0.15) is 12.8 Å². The summed E-state index contributed by atoms with van der Waals surface area (Å²) >= 11 is 0. The van der Waals surface area contributed by atoms with Crippen LogP contribution in [0, 0.1) is 0 Å². The summed E-state index contributed by atoms with van der Waals surface area (Å²) in [5.74, 6) is 0. The summed E-state index contributed by atoms with van der Waals surface area (Å²) in [6.07, 6.45) is 1.57. The van der Waals surface area contributed by atoms with Crippen molar-refractivity contribution in [2.45, 2.75) is 12.8 Å². The molecule has 6 heteroatoms. The van der Waals surface area contributed by atoms with E-state index < -0.39 is 10.2 Å². The van der Waals surface area contributed by atoms with Gasteiger partial charge in [0.2, 0.25) is 0 Å². The van der Waals surface area contributed by atoms with Gasteiger partial charge in [0.15, 0.2) is 0 Å². The minimum Gasteiger partial charge on any atom is -0.385 e. The zero-order valence-corrected chi connectivity index (χ0v) is 7.36. The maximum absolute atomic E-state index is 10.3. The molecule has 0 aromatic heterocycles. The Labute approximate surface area is 67.1 Å². The highest BCUT2D eigenvalue weighted by Crippen LogP contribution is 1.86. The highest BCUT2D eigenvalue weighted by Gasteiger charge is 1.97. The lowest BCUT2D eigenvalue weighted by molar-refractivity contribution is 0.193. The topological polar surface area (TPSA) is 81.4 Å². The van der Waals surface area contributed by atoms with Gasteiger partial charge in [0, 0.05) is 20.3 Å². The zero-order chi connectivity index (χ0) is 8.74. The molecule has 0 radical (unpaired) electrons. The van der Waals surface area contributed by atoms with Gasteiger partial charge in [0.1, 0.15) is 0 Å². The molecule has 0 amide bonds. The van der Waals surface area contributed by atoms with E-state index in [2.05, 4.69) is 9.86 Å². The Hall–Kier alpha value is -0.170. The molecule has 0 heterocycles. The maximum Gasteiger partial charge on any atom is 0.274 e. The first-order valence-electron chi connectivity index (χ1n) is 3.32. The number of rotatable bonds is 6. The number of unbranched alkanes of at least 4 members (excludes halogenated alkanes) is 1. The first-order valence-corrected chi connectivity index (χ1v) is 4.87. The largest absolute Gasteiger partial charge is 0.385 e. The molecule has 0 saturated carbocycles. The van der Waals surface area contributed by atoms with Crippen LogP contribution >= 0.6 is 0 Å². The second kappa shape index (κ2) is 5.48. The van der Waals surface area contributed by atoms with Crippen molar-refractivity contribution in [2.24, 2.45) is 5.14 Å². The third-order valence-corrected chi connectivity index (χ3v) is 1.68. The standard InChI is InChI=1S/C5H14N2O3S/c1-10-5-3-2-4-7-11(6,8)9/h7H,2-5H2,1H3,(H2,6,8,9). The van der Waals surface area contributed by atoms with E-state index in [9.17, 15) is 8.42 Å². The van der Waals surface area contributed by atoms with Crippen LogP contribution in [0.4, 0.5) is 0 Å². The average Bonchev–Trinajstić information content (AvgIpc) is 1.85. The number of hydrogen-bond donors (Lipinski definition) is 2. The van der Waals surface area contributed by atoms with Gasteiger partial charge in [-0.15, -0.1) is 0 Å². The van der Waals surface area contributed by atoms with Gasteiger partial charge in [-0.2, -0.15) is 8.42 Å². The molecule has 0 rings (SSSR count). The zero-order valence-electron chi connectivity index (χ0n) is 6.54. The van der Waals surface area contributed by atoms with Crippen molar-refractivity contribution in [1.82, 2.24) is 4.72 Å². The highest BCUT2D eigenvalue weighted by atomic mass is 32.2. The number of nitrogens with two attached hydrogens (primary N) is 1. The number of nitrogens with one attached hydrogen (secondary N) is 1. The van der Waals surface area contributed by atoms with E-state index in [1.54, 1.807) is 7.11 Å². The fourth-order valence-electron chi connectivity index (χ4n) is 0.586. The normalized spacial score (nSPS) is 11.8. The molecule has 0 saturated heterocycles. The highest BCUT2D eigenvalue weighted by molar-refractivity contribution is 7.87. The van der Waals surface area contributed by atoms with Crippen molar-refractivity contribution in [3.63, 3.8) is 0 Å². The fraction of sp³-hybridized carbons (Fsp3) is 1.00. The van der Waals surface area contributed by atoms with Crippen molar-refractivity contribution in [3.8, 4) is 0 Å². The summed E-state index contributed by atoms with van der Waals surface area (Å²) in [5, 5.41) is 4.68. The minimum atomic E-state index is -3.50. The lowest BCUT2D eigenvalue weighted by Crippen LogP contribution is -2.31. The Bertz CT molecular complexity index is 178. The van der Waals surface area contributed by atoms with Gasteiger partial charge in [-0.1, -0.05) is 0 Å². The van der Waals surface area contributed by atoms with Crippen LogP contribution in [0.3, 0.4) is 0 Å². The molecule has 0 aromatic rings. The molecule has 0 aliphatic carbocycles. The smallest absolute Gasteiger partial charge is 0.274 e. The van der Waals surface area contributed by atoms with E-state index in [4.69, 9.17) is 4.74 Å². The van der Waals surface area contributed by atoms with Gasteiger partial charge in [-0.3, -0.25) is 0 Å². The number of methoxy groups -OCH3 is 1. The van der Waals surface area contributed by atoms with Crippen LogP contribution in [-0.4, -0.2) is 28.7 Å².